The SMILES string of the molecule is N#Cc1cccc(Sc2ncns2)n1. The molecule has 0 bridgehead atoms. The molecule has 6 heteroatoms. The summed E-state index contributed by atoms with van der Waals surface area (Å²) in [6, 6.07) is 7.30. The molecule has 0 aromatic carbocycles. The van der Waals surface area contributed by atoms with Gasteiger partial charge in [0.2, 0.25) is 0 Å². The van der Waals surface area contributed by atoms with Crippen molar-refractivity contribution in [3.8, 4) is 6.07 Å². The van der Waals surface area contributed by atoms with Crippen LogP contribution >= 0.6 is 23.3 Å². The fraction of sp³-hybridized carbons (Fsp3) is 0. The molecule has 2 aromatic heterocycles. The van der Waals surface area contributed by atoms with Crippen molar-refractivity contribution < 1.29 is 0 Å². The van der Waals surface area contributed by atoms with Crippen molar-refractivity contribution in [1.29, 1.82) is 5.26 Å². The topological polar surface area (TPSA) is 62.5 Å². The van der Waals surface area contributed by atoms with E-state index in [1.54, 1.807) is 12.1 Å². The van der Waals surface area contributed by atoms with Crippen LogP contribution in [0.3, 0.4) is 0 Å². The summed E-state index contributed by atoms with van der Waals surface area (Å²) in [5.74, 6) is 0. The molecule has 0 amide bonds. The van der Waals surface area contributed by atoms with Crippen LogP contribution in [0.4, 0.5) is 0 Å². The Morgan fingerprint density at radius 3 is 3.07 bits per heavy atom. The molecule has 2 rings (SSSR count). The van der Waals surface area contributed by atoms with Crippen LogP contribution in [0.1, 0.15) is 5.69 Å². The lowest BCUT2D eigenvalue weighted by molar-refractivity contribution is 1.10. The third-order valence-corrected chi connectivity index (χ3v) is 3.02. The van der Waals surface area contributed by atoms with Crippen molar-refractivity contribution in [3.63, 3.8) is 0 Å². The van der Waals surface area contributed by atoms with E-state index in [4.69, 9.17) is 5.26 Å². The molecule has 0 atom stereocenters. The summed E-state index contributed by atoms with van der Waals surface area (Å²) in [4.78, 5) is 8.12. The third-order valence-electron chi connectivity index (χ3n) is 1.37. The number of nitriles is 1. The van der Waals surface area contributed by atoms with Crippen LogP contribution < -0.4 is 0 Å². The molecule has 0 aliphatic heterocycles. The molecule has 4 nitrogen and oxygen atoms in total. The maximum atomic E-state index is 8.64. The fourth-order valence-electron chi connectivity index (χ4n) is 0.831. The molecule has 0 aliphatic carbocycles. The first-order valence-electron chi connectivity index (χ1n) is 3.70. The summed E-state index contributed by atoms with van der Waals surface area (Å²) in [6.45, 7) is 0. The van der Waals surface area contributed by atoms with Gasteiger partial charge in [-0.25, -0.2) is 9.97 Å². The highest BCUT2D eigenvalue weighted by atomic mass is 32.2. The number of aromatic nitrogens is 3. The van der Waals surface area contributed by atoms with Gasteiger partial charge in [0.25, 0.3) is 0 Å². The minimum atomic E-state index is 0.416. The second-order valence-corrected chi connectivity index (χ2v) is 4.33. The first-order valence-corrected chi connectivity index (χ1v) is 5.29. The molecular weight excluding hydrogens is 216 g/mol. The van der Waals surface area contributed by atoms with Crippen LogP contribution in [0.15, 0.2) is 33.9 Å². The second kappa shape index (κ2) is 4.17. The summed E-state index contributed by atoms with van der Waals surface area (Å²) in [6.07, 6.45) is 1.50. The Morgan fingerprint density at radius 1 is 1.43 bits per heavy atom. The van der Waals surface area contributed by atoms with Crippen molar-refractivity contribution >= 4 is 23.3 Å². The van der Waals surface area contributed by atoms with Crippen molar-refractivity contribution in [3.05, 3.63) is 30.2 Å². The molecule has 0 saturated heterocycles. The van der Waals surface area contributed by atoms with E-state index in [2.05, 4.69) is 14.3 Å². The van der Waals surface area contributed by atoms with E-state index in [9.17, 15) is 0 Å². The number of rotatable bonds is 2. The normalized spacial score (nSPS) is 9.64. The molecule has 68 valence electrons. The second-order valence-electron chi connectivity index (χ2n) is 2.28. The van der Waals surface area contributed by atoms with E-state index in [0.717, 1.165) is 9.37 Å². The molecule has 2 heterocycles. The van der Waals surface area contributed by atoms with Gasteiger partial charge in [-0.15, -0.1) is 0 Å². The zero-order valence-electron chi connectivity index (χ0n) is 6.91. The van der Waals surface area contributed by atoms with Gasteiger partial charge in [0.05, 0.1) is 0 Å². The number of pyridine rings is 1. The minimum Gasteiger partial charge on any atom is -0.230 e. The average molecular weight is 220 g/mol. The monoisotopic (exact) mass is 220 g/mol. The van der Waals surface area contributed by atoms with Gasteiger partial charge >= 0.3 is 0 Å². The first kappa shape index (κ1) is 9.12. The molecule has 0 spiro atoms. The van der Waals surface area contributed by atoms with Crippen LogP contribution in [0.5, 0.6) is 0 Å². The lowest BCUT2D eigenvalue weighted by Crippen LogP contribution is -1.83. The highest BCUT2D eigenvalue weighted by molar-refractivity contribution is 8.00. The molecular formula is C8H4N4S2. The lowest BCUT2D eigenvalue weighted by atomic mass is 10.4. The Balaban J connectivity index is 2.22. The van der Waals surface area contributed by atoms with Crippen molar-refractivity contribution in [2.45, 2.75) is 9.37 Å². The summed E-state index contributed by atoms with van der Waals surface area (Å²) in [7, 11) is 0. The van der Waals surface area contributed by atoms with E-state index in [0.29, 0.717) is 5.69 Å². The smallest absolute Gasteiger partial charge is 0.175 e. The van der Waals surface area contributed by atoms with Crippen LogP contribution in [-0.4, -0.2) is 14.3 Å². The molecule has 0 aliphatic rings. The van der Waals surface area contributed by atoms with E-state index < -0.39 is 0 Å². The maximum Gasteiger partial charge on any atom is 0.175 e. The highest BCUT2D eigenvalue weighted by Crippen LogP contribution is 2.26. The molecule has 2 aromatic rings. The first-order chi connectivity index (χ1) is 6.88. The zero-order valence-corrected chi connectivity index (χ0v) is 8.55. The Morgan fingerprint density at radius 2 is 2.36 bits per heavy atom. The molecule has 0 fully saturated rings. The number of nitrogens with zero attached hydrogens (tertiary/aromatic N) is 4. The highest BCUT2D eigenvalue weighted by Gasteiger charge is 2.02. The third kappa shape index (κ3) is 2.07. The summed E-state index contributed by atoms with van der Waals surface area (Å²) >= 11 is 2.72. The van der Waals surface area contributed by atoms with E-state index in [1.807, 2.05) is 12.1 Å². The number of hydrogen-bond acceptors (Lipinski definition) is 6. The fourth-order valence-corrected chi connectivity index (χ4v) is 2.21. The molecule has 0 N–H and O–H groups in total. The summed E-state index contributed by atoms with van der Waals surface area (Å²) in [5, 5.41) is 9.41. The maximum absolute atomic E-state index is 8.64. The van der Waals surface area contributed by atoms with Gasteiger partial charge in [0.1, 0.15) is 23.1 Å². The van der Waals surface area contributed by atoms with Crippen LogP contribution in [0.2, 0.25) is 0 Å². The van der Waals surface area contributed by atoms with Crippen LogP contribution in [-0.2, 0) is 0 Å². The molecule has 0 unspecified atom stereocenters. The van der Waals surface area contributed by atoms with Gasteiger partial charge in [0.15, 0.2) is 4.34 Å². The van der Waals surface area contributed by atoms with Gasteiger partial charge in [-0.2, -0.15) is 9.64 Å². The van der Waals surface area contributed by atoms with E-state index >= 15 is 0 Å². The number of hydrogen-bond donors (Lipinski definition) is 0. The summed E-state index contributed by atoms with van der Waals surface area (Å²) in [5.41, 5.74) is 0.416. The lowest BCUT2D eigenvalue weighted by Gasteiger charge is -1.95. The molecule has 0 saturated carbocycles. The van der Waals surface area contributed by atoms with Gasteiger partial charge in [-0.3, -0.25) is 0 Å². The van der Waals surface area contributed by atoms with Gasteiger partial charge in [-0.05, 0) is 35.4 Å². The minimum absolute atomic E-state index is 0.416. The average Bonchev–Trinajstić information content (AvgIpc) is 2.71. The molecule has 14 heavy (non-hydrogen) atoms. The van der Waals surface area contributed by atoms with Crippen LogP contribution in [0, 0.1) is 11.3 Å². The van der Waals surface area contributed by atoms with Gasteiger partial charge in [0, 0.05) is 0 Å². The van der Waals surface area contributed by atoms with Gasteiger partial charge < -0.3 is 0 Å². The van der Waals surface area contributed by atoms with Crippen molar-refractivity contribution in [2.75, 3.05) is 0 Å². The Bertz CT molecular complexity index is 460. The predicted octanol–water partition coefficient (Wildman–Crippen LogP) is 1.96. The molecule has 0 radical (unpaired) electrons. The standard InChI is InChI=1S/C8H4N4S2/c9-4-6-2-1-3-7(12-6)13-8-10-5-11-14-8/h1-3,5H. The summed E-state index contributed by atoms with van der Waals surface area (Å²) < 4.78 is 4.70. The predicted molar refractivity (Wildman–Crippen MR) is 53.0 cm³/mol. The van der Waals surface area contributed by atoms with Gasteiger partial charge in [-0.1, -0.05) is 6.07 Å². The van der Waals surface area contributed by atoms with Crippen LogP contribution in [0.25, 0.3) is 0 Å². The van der Waals surface area contributed by atoms with Crippen molar-refractivity contribution in [1.82, 2.24) is 14.3 Å². The van der Waals surface area contributed by atoms with E-state index in [-0.39, 0.29) is 0 Å². The largest absolute Gasteiger partial charge is 0.230 e. The van der Waals surface area contributed by atoms with Crippen molar-refractivity contribution in [2.24, 2.45) is 0 Å². The Kier molecular flexibility index (Phi) is 2.72. The van der Waals surface area contributed by atoms with E-state index in [1.165, 1.54) is 29.6 Å². The Labute approximate surface area is 88.8 Å². The quantitative estimate of drug-likeness (QED) is 0.774. The Hall–Kier alpha value is -1.45. The zero-order chi connectivity index (χ0) is 9.80.